The Hall–Kier alpha value is -1.36. The van der Waals surface area contributed by atoms with Gasteiger partial charge in [-0.3, -0.25) is 9.89 Å². The topological polar surface area (TPSA) is 69.2 Å². The van der Waals surface area contributed by atoms with Gasteiger partial charge < -0.3 is 10.0 Å². The Morgan fingerprint density at radius 2 is 2.40 bits per heavy atom. The SMILES string of the molecule is CCN(CCCO)C(=O)c1cn[nH]c1C. The van der Waals surface area contributed by atoms with Gasteiger partial charge in [0, 0.05) is 25.4 Å². The lowest BCUT2D eigenvalue weighted by Gasteiger charge is -2.19. The molecule has 0 saturated carbocycles. The molecule has 0 saturated heterocycles. The quantitative estimate of drug-likeness (QED) is 0.747. The van der Waals surface area contributed by atoms with E-state index in [0.29, 0.717) is 25.1 Å². The minimum Gasteiger partial charge on any atom is -0.396 e. The van der Waals surface area contributed by atoms with Crippen LogP contribution in [0.15, 0.2) is 6.20 Å². The van der Waals surface area contributed by atoms with Gasteiger partial charge in [0.25, 0.3) is 5.91 Å². The Labute approximate surface area is 89.1 Å². The summed E-state index contributed by atoms with van der Waals surface area (Å²) in [6, 6.07) is 0. The van der Waals surface area contributed by atoms with E-state index in [1.807, 2.05) is 13.8 Å². The van der Waals surface area contributed by atoms with Crippen molar-refractivity contribution in [1.29, 1.82) is 0 Å². The first-order valence-electron chi connectivity index (χ1n) is 5.10. The van der Waals surface area contributed by atoms with Crippen molar-refractivity contribution in [3.8, 4) is 0 Å². The maximum atomic E-state index is 11.9. The molecule has 0 atom stereocenters. The number of aryl methyl sites for hydroxylation is 1. The van der Waals surface area contributed by atoms with Gasteiger partial charge in [0.15, 0.2) is 0 Å². The van der Waals surface area contributed by atoms with E-state index in [1.165, 1.54) is 0 Å². The van der Waals surface area contributed by atoms with Crippen molar-refractivity contribution >= 4 is 5.91 Å². The van der Waals surface area contributed by atoms with Gasteiger partial charge in [-0.05, 0) is 20.3 Å². The first kappa shape index (κ1) is 11.7. The van der Waals surface area contributed by atoms with Crippen LogP contribution in [0.25, 0.3) is 0 Å². The number of H-pyrrole nitrogens is 1. The number of nitrogens with one attached hydrogen (secondary N) is 1. The Balaban J connectivity index is 2.69. The molecule has 1 aromatic rings. The van der Waals surface area contributed by atoms with E-state index in [4.69, 9.17) is 5.11 Å². The van der Waals surface area contributed by atoms with Crippen LogP contribution in [0.1, 0.15) is 29.4 Å². The van der Waals surface area contributed by atoms with Crippen molar-refractivity contribution in [2.75, 3.05) is 19.7 Å². The average Bonchev–Trinajstić information content (AvgIpc) is 2.65. The van der Waals surface area contributed by atoms with Crippen molar-refractivity contribution in [2.45, 2.75) is 20.3 Å². The van der Waals surface area contributed by atoms with Crippen molar-refractivity contribution in [2.24, 2.45) is 0 Å². The van der Waals surface area contributed by atoms with Crippen LogP contribution in [0.4, 0.5) is 0 Å². The lowest BCUT2D eigenvalue weighted by molar-refractivity contribution is 0.0753. The van der Waals surface area contributed by atoms with Gasteiger partial charge in [0.05, 0.1) is 11.8 Å². The number of carbonyl (C=O) groups is 1. The van der Waals surface area contributed by atoms with Gasteiger partial charge in [-0.1, -0.05) is 0 Å². The third-order valence-electron chi connectivity index (χ3n) is 2.32. The van der Waals surface area contributed by atoms with E-state index in [9.17, 15) is 4.79 Å². The van der Waals surface area contributed by atoms with Gasteiger partial charge in [0.2, 0.25) is 0 Å². The van der Waals surface area contributed by atoms with Gasteiger partial charge in [0.1, 0.15) is 0 Å². The third-order valence-corrected chi connectivity index (χ3v) is 2.32. The summed E-state index contributed by atoms with van der Waals surface area (Å²) in [5.41, 5.74) is 1.39. The molecule has 1 amide bonds. The number of rotatable bonds is 5. The summed E-state index contributed by atoms with van der Waals surface area (Å²) in [7, 11) is 0. The monoisotopic (exact) mass is 211 g/mol. The molecule has 0 radical (unpaired) electrons. The molecule has 0 aliphatic rings. The second-order valence-corrected chi connectivity index (χ2v) is 3.37. The molecule has 0 bridgehead atoms. The van der Waals surface area contributed by atoms with E-state index >= 15 is 0 Å². The zero-order valence-corrected chi connectivity index (χ0v) is 9.16. The molecule has 0 spiro atoms. The smallest absolute Gasteiger partial charge is 0.257 e. The molecule has 15 heavy (non-hydrogen) atoms. The fourth-order valence-corrected chi connectivity index (χ4v) is 1.40. The molecule has 5 heteroatoms. The molecule has 0 fully saturated rings. The average molecular weight is 211 g/mol. The van der Waals surface area contributed by atoms with Gasteiger partial charge >= 0.3 is 0 Å². The maximum absolute atomic E-state index is 11.9. The number of hydrogen-bond donors (Lipinski definition) is 2. The van der Waals surface area contributed by atoms with E-state index in [1.54, 1.807) is 11.1 Å². The highest BCUT2D eigenvalue weighted by Gasteiger charge is 2.16. The summed E-state index contributed by atoms with van der Waals surface area (Å²) in [4.78, 5) is 13.7. The molecule has 1 rings (SSSR count). The Bertz CT molecular complexity index is 322. The first-order valence-corrected chi connectivity index (χ1v) is 5.10. The minimum atomic E-state index is -0.0304. The highest BCUT2D eigenvalue weighted by Crippen LogP contribution is 2.07. The molecule has 0 aliphatic carbocycles. The summed E-state index contributed by atoms with van der Waals surface area (Å²) in [6.07, 6.45) is 2.15. The predicted molar refractivity (Wildman–Crippen MR) is 56.6 cm³/mol. The molecule has 2 N–H and O–H groups in total. The van der Waals surface area contributed by atoms with Crippen LogP contribution in [0.2, 0.25) is 0 Å². The molecular formula is C10H17N3O2. The van der Waals surface area contributed by atoms with Crippen molar-refractivity contribution in [3.05, 3.63) is 17.5 Å². The van der Waals surface area contributed by atoms with Crippen LogP contribution in [-0.4, -0.2) is 45.8 Å². The number of aliphatic hydroxyl groups excluding tert-OH is 1. The molecular weight excluding hydrogens is 194 g/mol. The number of aromatic nitrogens is 2. The van der Waals surface area contributed by atoms with Gasteiger partial charge in [-0.2, -0.15) is 5.10 Å². The second kappa shape index (κ2) is 5.50. The largest absolute Gasteiger partial charge is 0.396 e. The van der Waals surface area contributed by atoms with E-state index in [-0.39, 0.29) is 12.5 Å². The molecule has 0 unspecified atom stereocenters. The Morgan fingerprint density at radius 1 is 1.67 bits per heavy atom. The summed E-state index contributed by atoms with van der Waals surface area (Å²) in [5, 5.41) is 15.3. The first-order chi connectivity index (χ1) is 7.20. The Kier molecular flexibility index (Phi) is 4.30. The lowest BCUT2D eigenvalue weighted by Crippen LogP contribution is -2.32. The van der Waals surface area contributed by atoms with Crippen LogP contribution >= 0.6 is 0 Å². The van der Waals surface area contributed by atoms with Crippen LogP contribution in [-0.2, 0) is 0 Å². The van der Waals surface area contributed by atoms with Crippen molar-refractivity contribution < 1.29 is 9.90 Å². The number of hydrogen-bond acceptors (Lipinski definition) is 3. The fourth-order valence-electron chi connectivity index (χ4n) is 1.40. The molecule has 0 aromatic carbocycles. The van der Waals surface area contributed by atoms with Crippen LogP contribution in [0.5, 0.6) is 0 Å². The number of nitrogens with zero attached hydrogens (tertiary/aromatic N) is 2. The highest BCUT2D eigenvalue weighted by atomic mass is 16.3. The lowest BCUT2D eigenvalue weighted by atomic mass is 10.2. The zero-order valence-electron chi connectivity index (χ0n) is 9.16. The Morgan fingerprint density at radius 3 is 2.87 bits per heavy atom. The fraction of sp³-hybridized carbons (Fsp3) is 0.600. The number of aliphatic hydroxyl groups is 1. The van der Waals surface area contributed by atoms with E-state index < -0.39 is 0 Å². The normalized spacial score (nSPS) is 10.3. The summed E-state index contributed by atoms with van der Waals surface area (Å²) in [6.45, 7) is 5.07. The number of carbonyl (C=O) groups excluding carboxylic acids is 1. The molecule has 84 valence electrons. The number of amides is 1. The third kappa shape index (κ3) is 2.79. The maximum Gasteiger partial charge on any atom is 0.257 e. The van der Waals surface area contributed by atoms with E-state index in [0.717, 1.165) is 5.69 Å². The van der Waals surface area contributed by atoms with Crippen LogP contribution in [0, 0.1) is 6.92 Å². The molecule has 5 nitrogen and oxygen atoms in total. The van der Waals surface area contributed by atoms with Crippen LogP contribution in [0.3, 0.4) is 0 Å². The second-order valence-electron chi connectivity index (χ2n) is 3.37. The summed E-state index contributed by atoms with van der Waals surface area (Å²) in [5.74, 6) is -0.0304. The summed E-state index contributed by atoms with van der Waals surface area (Å²) < 4.78 is 0. The predicted octanol–water partition coefficient (Wildman–Crippen LogP) is 0.563. The number of aromatic amines is 1. The van der Waals surface area contributed by atoms with Crippen molar-refractivity contribution in [1.82, 2.24) is 15.1 Å². The zero-order chi connectivity index (χ0) is 11.3. The molecule has 1 aromatic heterocycles. The summed E-state index contributed by atoms with van der Waals surface area (Å²) >= 11 is 0. The van der Waals surface area contributed by atoms with Crippen molar-refractivity contribution in [3.63, 3.8) is 0 Å². The van der Waals surface area contributed by atoms with E-state index in [2.05, 4.69) is 10.2 Å². The van der Waals surface area contributed by atoms with Gasteiger partial charge in [-0.25, -0.2) is 0 Å². The molecule has 0 aliphatic heterocycles. The highest BCUT2D eigenvalue weighted by molar-refractivity contribution is 5.94. The van der Waals surface area contributed by atoms with Gasteiger partial charge in [-0.15, -0.1) is 0 Å². The minimum absolute atomic E-state index is 0.0304. The van der Waals surface area contributed by atoms with Crippen LogP contribution < -0.4 is 0 Å². The standard InChI is InChI=1S/C10H17N3O2/c1-3-13(5-4-6-14)10(15)9-7-11-12-8(9)2/h7,14H,3-6H2,1-2H3,(H,11,12). The molecule has 1 heterocycles.